The first-order chi connectivity index (χ1) is 11.5. The van der Waals surface area contributed by atoms with Crippen LogP contribution in [-0.4, -0.2) is 36.5 Å². The lowest BCUT2D eigenvalue weighted by Gasteiger charge is -2.31. The molecule has 0 spiro atoms. The molecule has 0 saturated carbocycles. The van der Waals surface area contributed by atoms with Crippen LogP contribution in [0.3, 0.4) is 0 Å². The van der Waals surface area contributed by atoms with Gasteiger partial charge in [-0.2, -0.15) is 10.5 Å². The summed E-state index contributed by atoms with van der Waals surface area (Å²) in [5, 5.41) is 17.5. The molecule has 0 unspecified atom stereocenters. The third-order valence-electron chi connectivity index (χ3n) is 3.61. The van der Waals surface area contributed by atoms with E-state index in [4.69, 9.17) is 16.9 Å². The number of amides is 1. The van der Waals surface area contributed by atoms with E-state index in [1.165, 1.54) is 0 Å². The van der Waals surface area contributed by atoms with E-state index in [1.54, 1.807) is 4.90 Å². The number of anilines is 1. The highest BCUT2D eigenvalue weighted by Gasteiger charge is 2.19. The fraction of sp³-hybridized carbons (Fsp3) is 0.421. The number of carbonyl (C=O) groups excluding carboxylic acids is 1. The maximum atomic E-state index is 12.6. The molecule has 0 aliphatic carbocycles. The summed E-state index contributed by atoms with van der Waals surface area (Å²) in [7, 11) is 0. The van der Waals surface area contributed by atoms with Crippen LogP contribution in [-0.2, 0) is 4.79 Å². The van der Waals surface area contributed by atoms with Gasteiger partial charge < -0.3 is 9.80 Å². The van der Waals surface area contributed by atoms with E-state index < -0.39 is 0 Å². The Bertz CT molecular complexity index is 658. The van der Waals surface area contributed by atoms with Gasteiger partial charge in [0.05, 0.1) is 31.5 Å². The average molecular weight is 322 g/mol. The zero-order chi connectivity index (χ0) is 17.9. The van der Waals surface area contributed by atoms with Gasteiger partial charge in [0.2, 0.25) is 5.91 Å². The number of hydrogen-bond donors (Lipinski definition) is 0. The van der Waals surface area contributed by atoms with E-state index in [-0.39, 0.29) is 31.3 Å². The Morgan fingerprint density at radius 3 is 2.33 bits per heavy atom. The van der Waals surface area contributed by atoms with Crippen molar-refractivity contribution in [3.05, 3.63) is 29.8 Å². The molecular weight excluding hydrogens is 300 g/mol. The smallest absolute Gasteiger partial charge is 0.242 e. The fourth-order valence-electron chi connectivity index (χ4n) is 2.32. The summed E-state index contributed by atoms with van der Waals surface area (Å²) in [5.74, 6) is 2.50. The van der Waals surface area contributed by atoms with Crippen molar-refractivity contribution in [2.45, 2.75) is 32.7 Å². The summed E-state index contributed by atoms with van der Waals surface area (Å²) in [6.07, 6.45) is 5.96. The molecule has 1 aromatic carbocycles. The van der Waals surface area contributed by atoms with Crippen molar-refractivity contribution in [3.63, 3.8) is 0 Å². The molecule has 5 nitrogen and oxygen atoms in total. The number of nitrogens with zero attached hydrogens (tertiary/aromatic N) is 4. The van der Waals surface area contributed by atoms with Gasteiger partial charge in [-0.05, 0) is 32.0 Å². The van der Waals surface area contributed by atoms with Gasteiger partial charge in [-0.1, -0.05) is 12.0 Å². The molecule has 1 aromatic rings. The maximum Gasteiger partial charge on any atom is 0.242 e. The second kappa shape index (κ2) is 9.93. The highest BCUT2D eigenvalue weighted by Crippen LogP contribution is 2.19. The predicted octanol–water partition coefficient (Wildman–Crippen LogP) is 2.54. The first kappa shape index (κ1) is 19.1. The van der Waals surface area contributed by atoms with Gasteiger partial charge in [0.25, 0.3) is 0 Å². The zero-order valence-electron chi connectivity index (χ0n) is 14.2. The molecule has 1 amide bonds. The third-order valence-corrected chi connectivity index (χ3v) is 3.61. The Hall–Kier alpha value is -2.97. The van der Waals surface area contributed by atoms with Crippen LogP contribution in [0.2, 0.25) is 0 Å². The Morgan fingerprint density at radius 2 is 1.83 bits per heavy atom. The highest BCUT2D eigenvalue weighted by atomic mass is 16.2. The van der Waals surface area contributed by atoms with Crippen LogP contribution in [0.15, 0.2) is 24.3 Å². The van der Waals surface area contributed by atoms with Crippen LogP contribution in [0.25, 0.3) is 0 Å². The number of nitriles is 2. The lowest BCUT2D eigenvalue weighted by Crippen LogP contribution is -2.43. The summed E-state index contributed by atoms with van der Waals surface area (Å²) >= 11 is 0. The first-order valence-corrected chi connectivity index (χ1v) is 7.88. The molecule has 0 aliphatic rings. The average Bonchev–Trinajstić information content (AvgIpc) is 2.59. The van der Waals surface area contributed by atoms with Crippen LogP contribution in [0.1, 0.15) is 32.3 Å². The van der Waals surface area contributed by atoms with E-state index in [0.717, 1.165) is 11.3 Å². The molecular formula is C19H22N4O. The predicted molar refractivity (Wildman–Crippen MR) is 93.9 cm³/mol. The van der Waals surface area contributed by atoms with Gasteiger partial charge in [-0.25, -0.2) is 0 Å². The summed E-state index contributed by atoms with van der Waals surface area (Å²) in [4.78, 5) is 16.2. The van der Waals surface area contributed by atoms with Gasteiger partial charge >= 0.3 is 0 Å². The standard InChI is InChI=1S/C19H22N4O/c1-4-17-8-5-9-18(14-17)23(16(2)3)15-19(24)22(12-6-10-20)13-7-11-21/h1,5,8-9,14,16H,6-7,12-13,15H2,2-3H3. The molecule has 0 saturated heterocycles. The molecule has 1 rings (SSSR count). The molecule has 24 heavy (non-hydrogen) atoms. The first-order valence-electron chi connectivity index (χ1n) is 7.88. The Morgan fingerprint density at radius 1 is 1.21 bits per heavy atom. The molecule has 0 radical (unpaired) electrons. The van der Waals surface area contributed by atoms with Crippen molar-refractivity contribution >= 4 is 11.6 Å². The maximum absolute atomic E-state index is 12.6. The molecule has 0 bridgehead atoms. The quantitative estimate of drug-likeness (QED) is 0.690. The molecule has 5 heteroatoms. The minimum absolute atomic E-state index is 0.0969. The lowest BCUT2D eigenvalue weighted by atomic mass is 10.1. The number of rotatable bonds is 8. The number of carbonyl (C=O) groups is 1. The summed E-state index contributed by atoms with van der Waals surface area (Å²) in [5.41, 5.74) is 1.64. The van der Waals surface area contributed by atoms with E-state index >= 15 is 0 Å². The van der Waals surface area contributed by atoms with Gasteiger partial charge in [0.15, 0.2) is 0 Å². The minimum Gasteiger partial charge on any atom is -0.360 e. The summed E-state index contributed by atoms with van der Waals surface area (Å²) in [6.45, 7) is 4.87. The topological polar surface area (TPSA) is 71.1 Å². The number of benzene rings is 1. The van der Waals surface area contributed by atoms with Gasteiger partial charge in [-0.3, -0.25) is 4.79 Å². The molecule has 0 aromatic heterocycles. The number of hydrogen-bond acceptors (Lipinski definition) is 4. The highest BCUT2D eigenvalue weighted by molar-refractivity contribution is 5.81. The van der Waals surface area contributed by atoms with Crippen molar-refractivity contribution in [1.82, 2.24) is 4.90 Å². The summed E-state index contributed by atoms with van der Waals surface area (Å²) < 4.78 is 0. The normalized spacial score (nSPS) is 9.67. The van der Waals surface area contributed by atoms with Gasteiger partial charge in [0, 0.05) is 30.4 Å². The van der Waals surface area contributed by atoms with E-state index in [1.807, 2.05) is 55.2 Å². The van der Waals surface area contributed by atoms with Crippen LogP contribution >= 0.6 is 0 Å². The fourth-order valence-corrected chi connectivity index (χ4v) is 2.32. The Kier molecular flexibility index (Phi) is 7.89. The van der Waals surface area contributed by atoms with E-state index in [9.17, 15) is 4.79 Å². The van der Waals surface area contributed by atoms with Crippen molar-refractivity contribution in [1.29, 1.82) is 10.5 Å². The van der Waals surface area contributed by atoms with Crippen LogP contribution < -0.4 is 4.90 Å². The molecule has 0 aliphatic heterocycles. The second-order valence-corrected chi connectivity index (χ2v) is 5.61. The second-order valence-electron chi connectivity index (χ2n) is 5.61. The van der Waals surface area contributed by atoms with Gasteiger partial charge in [0.1, 0.15) is 0 Å². The minimum atomic E-state index is -0.0969. The molecule has 0 N–H and O–H groups in total. The molecule has 0 fully saturated rings. The Labute approximate surface area is 144 Å². The monoisotopic (exact) mass is 322 g/mol. The van der Waals surface area contributed by atoms with Crippen molar-refractivity contribution in [2.24, 2.45) is 0 Å². The lowest BCUT2D eigenvalue weighted by molar-refractivity contribution is -0.129. The van der Waals surface area contributed by atoms with Crippen LogP contribution in [0, 0.1) is 35.0 Å². The molecule has 0 atom stereocenters. The molecule has 0 heterocycles. The van der Waals surface area contributed by atoms with Crippen LogP contribution in [0.5, 0.6) is 0 Å². The van der Waals surface area contributed by atoms with Crippen molar-refractivity contribution in [3.8, 4) is 24.5 Å². The Balaban J connectivity index is 2.93. The summed E-state index contributed by atoms with van der Waals surface area (Å²) in [6, 6.07) is 11.7. The third kappa shape index (κ3) is 5.67. The van der Waals surface area contributed by atoms with Gasteiger partial charge in [-0.15, -0.1) is 6.42 Å². The SMILES string of the molecule is C#Cc1cccc(N(CC(=O)N(CCC#N)CCC#N)C(C)C)c1. The zero-order valence-corrected chi connectivity index (χ0v) is 14.2. The largest absolute Gasteiger partial charge is 0.360 e. The number of terminal acetylenes is 1. The van der Waals surface area contributed by atoms with E-state index in [0.29, 0.717) is 13.1 Å². The van der Waals surface area contributed by atoms with E-state index in [2.05, 4.69) is 5.92 Å². The van der Waals surface area contributed by atoms with Crippen LogP contribution in [0.4, 0.5) is 5.69 Å². The van der Waals surface area contributed by atoms with Crippen molar-refractivity contribution < 1.29 is 4.79 Å². The molecule has 124 valence electrons. The van der Waals surface area contributed by atoms with Crippen molar-refractivity contribution in [2.75, 3.05) is 24.5 Å².